The van der Waals surface area contributed by atoms with Gasteiger partial charge < -0.3 is 20.6 Å². The van der Waals surface area contributed by atoms with Gasteiger partial charge in [-0.15, -0.1) is 0 Å². The molecule has 0 spiro atoms. The van der Waals surface area contributed by atoms with Crippen LogP contribution in [-0.2, 0) is 4.79 Å². The van der Waals surface area contributed by atoms with Crippen LogP contribution in [0.5, 0.6) is 0 Å². The van der Waals surface area contributed by atoms with Crippen molar-refractivity contribution in [2.75, 3.05) is 6.61 Å². The minimum absolute atomic E-state index is 0.154. The normalized spacial score (nSPS) is 13.6. The maximum atomic E-state index is 12.5. The number of carbonyl (C=O) groups is 1. The lowest BCUT2D eigenvalue weighted by atomic mass is 10.0. The van der Waals surface area contributed by atoms with E-state index in [0.717, 1.165) is 44.9 Å². The number of hydrogen-bond donors (Lipinski definition) is 4. The summed E-state index contributed by atoms with van der Waals surface area (Å²) in [5.41, 5.74) is 0. The average Bonchev–Trinajstić information content (AvgIpc) is 3.20. The highest BCUT2D eigenvalue weighted by atomic mass is 16.3. The third-order valence-electron chi connectivity index (χ3n) is 11.8. The molecule has 0 aromatic heterocycles. The van der Waals surface area contributed by atoms with Crippen LogP contribution in [0, 0.1) is 0 Å². The summed E-state index contributed by atoms with van der Waals surface area (Å²) >= 11 is 0. The summed E-state index contributed by atoms with van der Waals surface area (Å²) in [5, 5.41) is 33.6. The summed E-state index contributed by atoms with van der Waals surface area (Å²) in [6, 6.07) is -0.829. The second-order valence-corrected chi connectivity index (χ2v) is 17.4. The Balaban J connectivity index is 3.58. The van der Waals surface area contributed by atoms with E-state index in [0.29, 0.717) is 12.8 Å². The molecule has 0 saturated carbocycles. The molecule has 0 radical (unpaired) electrons. The van der Waals surface area contributed by atoms with Crippen LogP contribution in [0.15, 0.2) is 24.3 Å². The van der Waals surface area contributed by atoms with Crippen LogP contribution in [0.25, 0.3) is 0 Å². The molecule has 1 amide bonds. The quantitative estimate of drug-likeness (QED) is 0.0365. The van der Waals surface area contributed by atoms with Crippen LogP contribution in [-0.4, -0.2) is 46.1 Å². The van der Waals surface area contributed by atoms with E-state index in [1.165, 1.54) is 199 Å². The number of nitrogens with one attached hydrogen (secondary N) is 1. The third-order valence-corrected chi connectivity index (χ3v) is 11.8. The molecular formula is C51H99NO4. The van der Waals surface area contributed by atoms with Crippen molar-refractivity contribution in [1.82, 2.24) is 5.32 Å². The van der Waals surface area contributed by atoms with Gasteiger partial charge in [0.1, 0.15) is 6.10 Å². The number of unbranched alkanes of at least 4 members (excludes halogenated alkanes) is 34. The highest BCUT2D eigenvalue weighted by Crippen LogP contribution is 2.17. The van der Waals surface area contributed by atoms with Crippen molar-refractivity contribution in [2.24, 2.45) is 0 Å². The molecule has 0 aliphatic heterocycles. The van der Waals surface area contributed by atoms with Gasteiger partial charge in [-0.3, -0.25) is 4.79 Å². The summed E-state index contributed by atoms with van der Waals surface area (Å²) in [6.07, 6.45) is 57.4. The smallest absolute Gasteiger partial charge is 0.220 e. The van der Waals surface area contributed by atoms with E-state index in [1.807, 2.05) is 0 Å². The zero-order valence-electron chi connectivity index (χ0n) is 37.8. The van der Waals surface area contributed by atoms with Gasteiger partial charge in [0.15, 0.2) is 0 Å². The molecule has 0 aliphatic carbocycles. The van der Waals surface area contributed by atoms with Gasteiger partial charge in [-0.25, -0.2) is 0 Å². The lowest BCUT2D eigenvalue weighted by Crippen LogP contribution is -2.50. The van der Waals surface area contributed by atoms with Crippen LogP contribution in [0.2, 0.25) is 0 Å². The third kappa shape index (κ3) is 41.0. The van der Waals surface area contributed by atoms with Crippen LogP contribution < -0.4 is 5.32 Å². The monoisotopic (exact) mass is 790 g/mol. The first-order valence-corrected chi connectivity index (χ1v) is 25.1. The van der Waals surface area contributed by atoms with Gasteiger partial charge in [-0.2, -0.15) is 0 Å². The Hall–Kier alpha value is -1.17. The van der Waals surface area contributed by atoms with Gasteiger partial charge in [-0.1, -0.05) is 237 Å². The standard InChI is InChI=1S/C51H99NO4/c1-3-5-7-9-11-13-15-17-19-21-22-23-24-25-26-27-28-30-32-34-36-38-40-42-44-46-50(55)52-48(47-53)51(56)49(54)45-43-41-39-37-35-33-31-29-20-18-16-14-12-10-8-6-4-2/h29,31,37,39,48-49,51,53-54,56H,3-28,30,32-36,38,40-47H2,1-2H3,(H,52,55)/b31-29+,39-37+. The Morgan fingerprint density at radius 3 is 1.09 bits per heavy atom. The Kier molecular flexibility index (Phi) is 45.5. The molecule has 0 aliphatic rings. The number of amides is 1. The zero-order chi connectivity index (χ0) is 40.8. The van der Waals surface area contributed by atoms with Crippen molar-refractivity contribution in [3.63, 3.8) is 0 Å². The lowest BCUT2D eigenvalue weighted by Gasteiger charge is -2.26. The number of hydrogen-bond acceptors (Lipinski definition) is 4. The Morgan fingerprint density at radius 2 is 0.732 bits per heavy atom. The average molecular weight is 790 g/mol. The SMILES string of the molecule is CCCCCCCCCC/C=C/CC/C=C/CCCC(O)C(O)C(CO)NC(=O)CCCCCCCCCCCCCCCCCCCCCCCCCCC. The van der Waals surface area contributed by atoms with Gasteiger partial charge in [0.2, 0.25) is 5.91 Å². The van der Waals surface area contributed by atoms with Crippen LogP contribution in [0.4, 0.5) is 0 Å². The van der Waals surface area contributed by atoms with E-state index in [4.69, 9.17) is 0 Å². The van der Waals surface area contributed by atoms with E-state index in [9.17, 15) is 20.1 Å². The molecule has 0 aromatic rings. The fourth-order valence-corrected chi connectivity index (χ4v) is 7.89. The molecule has 0 aromatic carbocycles. The van der Waals surface area contributed by atoms with Crippen molar-refractivity contribution in [3.05, 3.63) is 24.3 Å². The fraction of sp³-hybridized carbons (Fsp3) is 0.902. The Labute approximate surface area is 350 Å². The Bertz CT molecular complexity index is 829. The van der Waals surface area contributed by atoms with E-state index < -0.39 is 18.2 Å². The van der Waals surface area contributed by atoms with Crippen LogP contribution >= 0.6 is 0 Å². The second kappa shape index (κ2) is 46.5. The van der Waals surface area contributed by atoms with Crippen LogP contribution in [0.1, 0.15) is 271 Å². The van der Waals surface area contributed by atoms with Crippen LogP contribution in [0.3, 0.4) is 0 Å². The van der Waals surface area contributed by atoms with E-state index in [2.05, 4.69) is 43.5 Å². The molecule has 0 fully saturated rings. The molecule has 4 N–H and O–H groups in total. The van der Waals surface area contributed by atoms with Crippen molar-refractivity contribution in [2.45, 2.75) is 289 Å². The molecule has 0 saturated heterocycles. The number of allylic oxidation sites excluding steroid dienone is 4. The molecule has 3 unspecified atom stereocenters. The van der Waals surface area contributed by atoms with E-state index in [1.54, 1.807) is 0 Å². The molecular weight excluding hydrogens is 691 g/mol. The molecule has 3 atom stereocenters. The molecule has 332 valence electrons. The number of carbonyl (C=O) groups excluding carboxylic acids is 1. The first-order valence-electron chi connectivity index (χ1n) is 25.1. The number of rotatable bonds is 46. The summed E-state index contributed by atoms with van der Waals surface area (Å²) in [4.78, 5) is 12.5. The Morgan fingerprint density at radius 1 is 0.429 bits per heavy atom. The molecule has 0 rings (SSSR count). The first-order chi connectivity index (χ1) is 27.6. The van der Waals surface area contributed by atoms with Crippen molar-refractivity contribution in [3.8, 4) is 0 Å². The topological polar surface area (TPSA) is 89.8 Å². The molecule has 0 bridgehead atoms. The summed E-state index contributed by atoms with van der Waals surface area (Å²) in [7, 11) is 0. The van der Waals surface area contributed by atoms with Gasteiger partial charge >= 0.3 is 0 Å². The predicted octanol–water partition coefficient (Wildman–Crippen LogP) is 14.9. The summed E-state index contributed by atoms with van der Waals surface area (Å²) in [5.74, 6) is -0.154. The lowest BCUT2D eigenvalue weighted by molar-refractivity contribution is -0.124. The summed E-state index contributed by atoms with van der Waals surface area (Å²) in [6.45, 7) is 4.18. The predicted molar refractivity (Wildman–Crippen MR) is 245 cm³/mol. The fourth-order valence-electron chi connectivity index (χ4n) is 7.89. The van der Waals surface area contributed by atoms with Crippen molar-refractivity contribution < 1.29 is 20.1 Å². The minimum Gasteiger partial charge on any atom is -0.394 e. The highest BCUT2D eigenvalue weighted by molar-refractivity contribution is 5.76. The first kappa shape index (κ1) is 54.8. The molecule has 5 heteroatoms. The van der Waals surface area contributed by atoms with Gasteiger partial charge in [0.25, 0.3) is 0 Å². The molecule has 56 heavy (non-hydrogen) atoms. The van der Waals surface area contributed by atoms with Crippen molar-refractivity contribution >= 4 is 5.91 Å². The number of aliphatic hydroxyl groups is 3. The second-order valence-electron chi connectivity index (χ2n) is 17.4. The van der Waals surface area contributed by atoms with Gasteiger partial charge in [0, 0.05) is 6.42 Å². The van der Waals surface area contributed by atoms with E-state index in [-0.39, 0.29) is 12.5 Å². The van der Waals surface area contributed by atoms with Crippen molar-refractivity contribution in [1.29, 1.82) is 0 Å². The summed E-state index contributed by atoms with van der Waals surface area (Å²) < 4.78 is 0. The highest BCUT2D eigenvalue weighted by Gasteiger charge is 2.26. The maximum Gasteiger partial charge on any atom is 0.220 e. The molecule has 5 nitrogen and oxygen atoms in total. The zero-order valence-corrected chi connectivity index (χ0v) is 37.8. The number of aliphatic hydroxyl groups excluding tert-OH is 3. The van der Waals surface area contributed by atoms with Gasteiger partial charge in [-0.05, 0) is 51.4 Å². The van der Waals surface area contributed by atoms with Gasteiger partial charge in [0.05, 0.1) is 18.8 Å². The largest absolute Gasteiger partial charge is 0.394 e. The maximum absolute atomic E-state index is 12.5. The minimum atomic E-state index is -1.16. The molecule has 0 heterocycles. The van der Waals surface area contributed by atoms with E-state index >= 15 is 0 Å².